The fourth-order valence-electron chi connectivity index (χ4n) is 2.29. The molecule has 2 aromatic carbocycles. The number of halogens is 2. The van der Waals surface area contributed by atoms with Gasteiger partial charge in [0.1, 0.15) is 0 Å². The molecule has 0 aliphatic heterocycles. The zero-order valence-electron chi connectivity index (χ0n) is 11.0. The van der Waals surface area contributed by atoms with Gasteiger partial charge in [0.15, 0.2) is 0 Å². The Morgan fingerprint density at radius 2 is 1.95 bits per heavy atom. The standard InChI is InChI=1S/C15H10ClIN2O2/c1-8-11(17)5-6-12-13(8)14(20)19(15(21)18-12)10-4-2-3-9(16)7-10/h2-7H,1H3,(H,18,21). The Hall–Kier alpha value is -1.60. The second-order valence-corrected chi connectivity index (χ2v) is 6.24. The molecule has 0 atom stereocenters. The third-order valence-corrected chi connectivity index (χ3v) is 4.73. The molecule has 6 heteroatoms. The number of fused-ring (bicyclic) bond motifs is 1. The molecule has 0 radical (unpaired) electrons. The molecule has 0 saturated heterocycles. The average molecular weight is 413 g/mol. The van der Waals surface area contributed by atoms with Gasteiger partial charge in [0, 0.05) is 8.59 Å². The first-order chi connectivity index (χ1) is 9.99. The predicted octanol–water partition coefficient (Wildman–Crippen LogP) is 3.25. The van der Waals surface area contributed by atoms with Gasteiger partial charge in [-0.1, -0.05) is 17.7 Å². The van der Waals surface area contributed by atoms with Crippen LogP contribution >= 0.6 is 34.2 Å². The first-order valence-electron chi connectivity index (χ1n) is 6.19. The number of benzene rings is 2. The van der Waals surface area contributed by atoms with Crippen LogP contribution in [0.2, 0.25) is 5.02 Å². The molecule has 0 bridgehead atoms. The number of aryl methyl sites for hydroxylation is 1. The van der Waals surface area contributed by atoms with Crippen LogP contribution in [0.15, 0.2) is 46.0 Å². The van der Waals surface area contributed by atoms with E-state index >= 15 is 0 Å². The van der Waals surface area contributed by atoms with Gasteiger partial charge in [-0.15, -0.1) is 0 Å². The van der Waals surface area contributed by atoms with Crippen molar-refractivity contribution in [3.05, 3.63) is 71.4 Å². The highest BCUT2D eigenvalue weighted by Gasteiger charge is 2.13. The molecule has 3 aromatic rings. The molecule has 106 valence electrons. The van der Waals surface area contributed by atoms with Gasteiger partial charge < -0.3 is 4.98 Å². The molecular formula is C15H10ClIN2O2. The quantitative estimate of drug-likeness (QED) is 0.624. The molecule has 1 aromatic heterocycles. The van der Waals surface area contributed by atoms with Crippen LogP contribution in [0.3, 0.4) is 0 Å². The Labute approximate surface area is 138 Å². The Morgan fingerprint density at radius 1 is 1.19 bits per heavy atom. The van der Waals surface area contributed by atoms with E-state index in [9.17, 15) is 9.59 Å². The van der Waals surface area contributed by atoms with Gasteiger partial charge in [-0.3, -0.25) is 4.79 Å². The molecule has 1 heterocycles. The summed E-state index contributed by atoms with van der Waals surface area (Å²) in [6.07, 6.45) is 0. The number of nitrogens with one attached hydrogen (secondary N) is 1. The van der Waals surface area contributed by atoms with Crippen molar-refractivity contribution in [1.82, 2.24) is 9.55 Å². The molecule has 4 nitrogen and oxygen atoms in total. The number of nitrogens with zero attached hydrogens (tertiary/aromatic N) is 1. The molecule has 0 amide bonds. The van der Waals surface area contributed by atoms with Crippen molar-refractivity contribution in [2.24, 2.45) is 0 Å². The summed E-state index contributed by atoms with van der Waals surface area (Å²) in [5, 5.41) is 0.986. The highest BCUT2D eigenvalue weighted by Crippen LogP contribution is 2.19. The second-order valence-electron chi connectivity index (χ2n) is 4.65. The molecule has 1 N–H and O–H groups in total. The number of H-pyrrole nitrogens is 1. The number of hydrogen-bond donors (Lipinski definition) is 1. The highest BCUT2D eigenvalue weighted by molar-refractivity contribution is 14.1. The number of rotatable bonds is 1. The lowest BCUT2D eigenvalue weighted by Crippen LogP contribution is -2.34. The Balaban J connectivity index is 2.48. The fraction of sp³-hybridized carbons (Fsp3) is 0.0667. The van der Waals surface area contributed by atoms with Crippen LogP contribution in [-0.4, -0.2) is 9.55 Å². The summed E-state index contributed by atoms with van der Waals surface area (Å²) < 4.78 is 2.08. The number of hydrogen-bond acceptors (Lipinski definition) is 2. The van der Waals surface area contributed by atoms with E-state index in [1.54, 1.807) is 30.3 Å². The van der Waals surface area contributed by atoms with E-state index in [2.05, 4.69) is 27.6 Å². The van der Waals surface area contributed by atoms with Crippen LogP contribution in [0.1, 0.15) is 5.56 Å². The predicted molar refractivity (Wildman–Crippen MR) is 92.6 cm³/mol. The maximum atomic E-state index is 12.7. The average Bonchev–Trinajstić information content (AvgIpc) is 2.43. The van der Waals surface area contributed by atoms with Gasteiger partial charge in [0.2, 0.25) is 0 Å². The molecule has 0 aliphatic rings. The van der Waals surface area contributed by atoms with Gasteiger partial charge in [-0.05, 0) is 65.4 Å². The van der Waals surface area contributed by atoms with Crippen molar-refractivity contribution >= 4 is 45.1 Å². The summed E-state index contributed by atoms with van der Waals surface area (Å²) in [4.78, 5) is 27.7. The summed E-state index contributed by atoms with van der Waals surface area (Å²) in [5.41, 5.74) is 1.03. The summed E-state index contributed by atoms with van der Waals surface area (Å²) in [6.45, 7) is 1.87. The lowest BCUT2D eigenvalue weighted by atomic mass is 10.1. The van der Waals surface area contributed by atoms with Gasteiger partial charge in [-0.25, -0.2) is 9.36 Å². The minimum absolute atomic E-state index is 0.341. The minimum Gasteiger partial charge on any atom is -0.306 e. The molecule has 0 aliphatic carbocycles. The van der Waals surface area contributed by atoms with Gasteiger partial charge in [0.25, 0.3) is 5.56 Å². The maximum Gasteiger partial charge on any atom is 0.333 e. The Kier molecular flexibility index (Phi) is 3.62. The molecule has 21 heavy (non-hydrogen) atoms. The topological polar surface area (TPSA) is 54.9 Å². The van der Waals surface area contributed by atoms with Crippen LogP contribution in [-0.2, 0) is 0 Å². The lowest BCUT2D eigenvalue weighted by Gasteiger charge is -2.09. The molecule has 0 fully saturated rings. The monoisotopic (exact) mass is 412 g/mol. The van der Waals surface area contributed by atoms with Gasteiger partial charge in [0.05, 0.1) is 16.6 Å². The van der Waals surface area contributed by atoms with Crippen LogP contribution in [0.25, 0.3) is 16.6 Å². The van der Waals surface area contributed by atoms with Crippen LogP contribution in [0.4, 0.5) is 0 Å². The van der Waals surface area contributed by atoms with Crippen LogP contribution in [0.5, 0.6) is 0 Å². The summed E-state index contributed by atoms with van der Waals surface area (Å²) >= 11 is 8.11. The lowest BCUT2D eigenvalue weighted by molar-refractivity contribution is 0.900. The zero-order valence-corrected chi connectivity index (χ0v) is 13.9. The van der Waals surface area contributed by atoms with Crippen molar-refractivity contribution in [3.63, 3.8) is 0 Å². The summed E-state index contributed by atoms with van der Waals surface area (Å²) in [7, 11) is 0. The SMILES string of the molecule is Cc1c(I)ccc2[nH]c(=O)n(-c3cccc(Cl)c3)c(=O)c12. The summed E-state index contributed by atoms with van der Waals surface area (Å²) in [6, 6.07) is 10.3. The van der Waals surface area contributed by atoms with E-state index in [0.717, 1.165) is 13.7 Å². The molecular weight excluding hydrogens is 403 g/mol. The highest BCUT2D eigenvalue weighted by atomic mass is 127. The van der Waals surface area contributed by atoms with Gasteiger partial charge in [-0.2, -0.15) is 0 Å². The smallest absolute Gasteiger partial charge is 0.306 e. The van der Waals surface area contributed by atoms with E-state index in [0.29, 0.717) is 21.6 Å². The van der Waals surface area contributed by atoms with E-state index in [-0.39, 0.29) is 5.56 Å². The fourth-order valence-corrected chi connectivity index (χ4v) is 2.92. The second kappa shape index (κ2) is 5.31. The molecule has 3 rings (SSSR count). The van der Waals surface area contributed by atoms with Crippen LogP contribution < -0.4 is 11.2 Å². The van der Waals surface area contributed by atoms with Gasteiger partial charge >= 0.3 is 5.69 Å². The zero-order chi connectivity index (χ0) is 15.1. The Bertz CT molecular complexity index is 976. The number of aromatic nitrogens is 2. The van der Waals surface area contributed by atoms with Crippen molar-refractivity contribution in [2.75, 3.05) is 0 Å². The van der Waals surface area contributed by atoms with E-state index < -0.39 is 5.69 Å². The summed E-state index contributed by atoms with van der Waals surface area (Å²) in [5.74, 6) is 0. The molecule has 0 unspecified atom stereocenters. The van der Waals surface area contributed by atoms with Crippen molar-refractivity contribution in [3.8, 4) is 5.69 Å². The van der Waals surface area contributed by atoms with Crippen molar-refractivity contribution in [2.45, 2.75) is 6.92 Å². The van der Waals surface area contributed by atoms with Crippen LogP contribution in [0, 0.1) is 10.5 Å². The number of aromatic amines is 1. The molecule has 0 saturated carbocycles. The first kappa shape index (κ1) is 14.3. The molecule has 0 spiro atoms. The third-order valence-electron chi connectivity index (χ3n) is 3.33. The van der Waals surface area contributed by atoms with E-state index in [4.69, 9.17) is 11.6 Å². The minimum atomic E-state index is -0.477. The largest absolute Gasteiger partial charge is 0.333 e. The van der Waals surface area contributed by atoms with E-state index in [1.807, 2.05) is 13.0 Å². The van der Waals surface area contributed by atoms with Crippen molar-refractivity contribution < 1.29 is 0 Å². The van der Waals surface area contributed by atoms with E-state index in [1.165, 1.54) is 0 Å². The third kappa shape index (κ3) is 2.40. The van der Waals surface area contributed by atoms with Crippen molar-refractivity contribution in [1.29, 1.82) is 0 Å². The first-order valence-corrected chi connectivity index (χ1v) is 7.65. The Morgan fingerprint density at radius 3 is 2.67 bits per heavy atom. The normalized spacial score (nSPS) is 11.0. The maximum absolute atomic E-state index is 12.7.